The van der Waals surface area contributed by atoms with Crippen LogP contribution in [0.2, 0.25) is 0 Å². The number of fused-ring (bicyclic) bond motifs is 4. The van der Waals surface area contributed by atoms with Gasteiger partial charge in [0.25, 0.3) is 0 Å². The molecule has 0 N–H and O–H groups in total. The standard InChI is InChI=1S/C21H25.C15H11.C13H10.Zr/c1-20(2,3)16-7-9-18-14(12-16)11-15-13-17(21(4,5)6)8-10-19(15)18;1-2-6-12(7-3-1)15-10-13-8-4-5-9-14(13)11-15;1-3-7-12(8-4-1)11-13-9-5-2-6-10-13;/h7-13H,1-6H3;1-11H;1-10H;. The zero-order valence-corrected chi connectivity index (χ0v) is 32.6. The van der Waals surface area contributed by atoms with Crippen LogP contribution in [0.1, 0.15) is 98.9 Å². The first-order valence-electron chi connectivity index (χ1n) is 18.1. The van der Waals surface area contributed by atoms with Crippen LogP contribution in [0, 0.1) is 0 Å². The second-order valence-electron chi connectivity index (χ2n) is 16.1. The number of hydrogen-bond acceptors (Lipinski definition) is 0. The van der Waals surface area contributed by atoms with Crippen LogP contribution in [0.15, 0.2) is 152 Å². The van der Waals surface area contributed by atoms with E-state index >= 15 is 0 Å². The maximum absolute atomic E-state index is 3.08. The van der Waals surface area contributed by atoms with E-state index in [0.717, 1.165) is 0 Å². The van der Waals surface area contributed by atoms with Crippen molar-refractivity contribution in [2.24, 2.45) is 0 Å². The van der Waals surface area contributed by atoms with Crippen molar-refractivity contribution in [2.45, 2.75) is 59.6 Å². The van der Waals surface area contributed by atoms with Crippen LogP contribution < -0.4 is 0 Å². The van der Waals surface area contributed by atoms with E-state index in [1.165, 1.54) is 66.8 Å². The molecular weight excluding hydrogens is 680 g/mol. The van der Waals surface area contributed by atoms with Crippen LogP contribution in [0.4, 0.5) is 0 Å². The summed E-state index contributed by atoms with van der Waals surface area (Å²) < 4.78 is 2.25. The molecule has 0 saturated heterocycles. The van der Waals surface area contributed by atoms with Gasteiger partial charge in [0.05, 0.1) is 0 Å². The van der Waals surface area contributed by atoms with Gasteiger partial charge >= 0.3 is 309 Å². The van der Waals surface area contributed by atoms with Gasteiger partial charge in [-0.3, -0.25) is 0 Å². The van der Waals surface area contributed by atoms with Gasteiger partial charge in [-0.05, 0) is 0 Å². The van der Waals surface area contributed by atoms with Gasteiger partial charge < -0.3 is 0 Å². The summed E-state index contributed by atoms with van der Waals surface area (Å²) in [5, 5.41) is 0. The Labute approximate surface area is 306 Å². The Morgan fingerprint density at radius 3 is 1.42 bits per heavy atom. The first-order chi connectivity index (χ1) is 24.1. The molecule has 0 heterocycles. The molecule has 1 heteroatoms. The van der Waals surface area contributed by atoms with E-state index in [0.29, 0.717) is 7.25 Å². The van der Waals surface area contributed by atoms with Gasteiger partial charge in [0.15, 0.2) is 0 Å². The van der Waals surface area contributed by atoms with Crippen molar-refractivity contribution < 1.29 is 21.3 Å². The summed E-state index contributed by atoms with van der Waals surface area (Å²) in [5.41, 5.74) is 17.3. The topological polar surface area (TPSA) is 0 Å². The number of allylic oxidation sites excluding steroid dienone is 1. The van der Waals surface area contributed by atoms with Crippen molar-refractivity contribution in [3.8, 4) is 11.1 Å². The molecule has 8 rings (SSSR count). The Bertz CT molecular complexity index is 2150. The third-order valence-electron chi connectivity index (χ3n) is 10.8. The quantitative estimate of drug-likeness (QED) is 0.166. The molecule has 2 aliphatic rings. The van der Waals surface area contributed by atoms with Crippen LogP contribution in [0.3, 0.4) is 0 Å². The zero-order chi connectivity index (χ0) is 34.6. The molecule has 6 aromatic carbocycles. The SMILES string of the molecule is CC(C)(C)c1ccc2c(c1)[CH]([Zr](=[C](c1ccccc1)c1ccccc1)[CH]1C(c3ccccc3)=Cc3ccccc31)c1cc(C(C)(C)C)ccc1-2. The Hall–Kier alpha value is -4.19. The van der Waals surface area contributed by atoms with Crippen molar-refractivity contribution in [1.29, 1.82) is 0 Å². The predicted octanol–water partition coefficient (Wildman–Crippen LogP) is 12.5. The van der Waals surface area contributed by atoms with E-state index in [9.17, 15) is 0 Å². The Morgan fingerprint density at radius 1 is 0.460 bits per heavy atom. The molecule has 0 spiro atoms. The van der Waals surface area contributed by atoms with E-state index < -0.39 is 21.3 Å². The molecule has 0 saturated carbocycles. The molecule has 0 bridgehead atoms. The minimum absolute atomic E-state index is 0.0505. The summed E-state index contributed by atoms with van der Waals surface area (Å²) in [6.45, 7) is 14.2. The molecule has 2 aliphatic carbocycles. The van der Waals surface area contributed by atoms with Crippen LogP contribution in [0.5, 0.6) is 0 Å². The van der Waals surface area contributed by atoms with Crippen LogP contribution in [0.25, 0.3) is 22.8 Å². The number of hydrogen-bond donors (Lipinski definition) is 0. The van der Waals surface area contributed by atoms with Crippen LogP contribution in [-0.4, -0.2) is 3.21 Å². The summed E-state index contributed by atoms with van der Waals surface area (Å²) in [4.78, 5) is 0. The third-order valence-corrected chi connectivity index (χ3v) is 19.8. The average Bonchev–Trinajstić information content (AvgIpc) is 3.66. The van der Waals surface area contributed by atoms with Gasteiger partial charge in [0, 0.05) is 0 Å². The first-order valence-corrected chi connectivity index (χ1v) is 22.2. The van der Waals surface area contributed by atoms with Crippen LogP contribution in [-0.2, 0) is 32.1 Å². The van der Waals surface area contributed by atoms with Crippen molar-refractivity contribution in [2.75, 3.05) is 0 Å². The van der Waals surface area contributed by atoms with Gasteiger partial charge in [-0.1, -0.05) is 0 Å². The molecule has 50 heavy (non-hydrogen) atoms. The molecule has 0 fully saturated rings. The average molecular weight is 726 g/mol. The van der Waals surface area contributed by atoms with Crippen molar-refractivity contribution in [3.63, 3.8) is 0 Å². The molecule has 6 aromatic rings. The molecule has 1 unspecified atom stereocenters. The normalized spacial score (nSPS) is 15.2. The first kappa shape index (κ1) is 33.0. The van der Waals surface area contributed by atoms with Crippen molar-refractivity contribution in [3.05, 3.63) is 202 Å². The monoisotopic (exact) mass is 724 g/mol. The molecule has 0 aliphatic heterocycles. The molecule has 1 atom stereocenters. The van der Waals surface area contributed by atoms with Gasteiger partial charge in [0.2, 0.25) is 0 Å². The fourth-order valence-corrected chi connectivity index (χ4v) is 18.7. The Balaban J connectivity index is 1.55. The fraction of sp³-hybridized carbons (Fsp3) is 0.204. The van der Waals surface area contributed by atoms with Gasteiger partial charge in [-0.2, -0.15) is 0 Å². The maximum atomic E-state index is 2.61. The summed E-state index contributed by atoms with van der Waals surface area (Å²) in [6, 6.07) is 58.2. The summed E-state index contributed by atoms with van der Waals surface area (Å²) in [6.07, 6.45) is 2.53. The van der Waals surface area contributed by atoms with E-state index in [4.69, 9.17) is 0 Å². The Morgan fingerprint density at radius 2 is 0.920 bits per heavy atom. The summed E-state index contributed by atoms with van der Waals surface area (Å²) in [5.74, 6) is 0. The van der Waals surface area contributed by atoms with Gasteiger partial charge in [0.1, 0.15) is 0 Å². The van der Waals surface area contributed by atoms with E-state index in [2.05, 4.69) is 199 Å². The zero-order valence-electron chi connectivity index (χ0n) is 30.2. The van der Waals surface area contributed by atoms with Gasteiger partial charge in [-0.25, -0.2) is 0 Å². The molecule has 0 radical (unpaired) electrons. The van der Waals surface area contributed by atoms with Crippen molar-refractivity contribution >= 4 is 14.9 Å². The molecular formula is C49H46Zr. The second-order valence-corrected chi connectivity index (χ2v) is 22.4. The van der Waals surface area contributed by atoms with Crippen molar-refractivity contribution in [1.82, 2.24) is 0 Å². The molecule has 246 valence electrons. The third kappa shape index (κ3) is 5.89. The second kappa shape index (κ2) is 12.9. The minimum atomic E-state index is -3.08. The fourth-order valence-electron chi connectivity index (χ4n) is 8.23. The predicted molar refractivity (Wildman–Crippen MR) is 211 cm³/mol. The molecule has 0 nitrogen and oxygen atoms in total. The Kier molecular flexibility index (Phi) is 8.48. The van der Waals surface area contributed by atoms with E-state index in [1.807, 2.05) is 0 Å². The molecule has 0 aromatic heterocycles. The van der Waals surface area contributed by atoms with Gasteiger partial charge in [-0.15, -0.1) is 0 Å². The summed E-state index contributed by atoms with van der Waals surface area (Å²) in [7, 11) is 0. The van der Waals surface area contributed by atoms with E-state index in [1.54, 1.807) is 3.21 Å². The van der Waals surface area contributed by atoms with Crippen LogP contribution >= 0.6 is 0 Å². The number of benzene rings is 6. The number of rotatable bonds is 5. The molecule has 0 amide bonds. The summed E-state index contributed by atoms with van der Waals surface area (Å²) >= 11 is -3.08. The van der Waals surface area contributed by atoms with E-state index in [-0.39, 0.29) is 10.8 Å².